The van der Waals surface area contributed by atoms with Crippen molar-refractivity contribution >= 4 is 33.8 Å². The van der Waals surface area contributed by atoms with Gasteiger partial charge in [-0.3, -0.25) is 19.9 Å². The number of pyridine rings is 2. The second-order valence-corrected chi connectivity index (χ2v) is 7.27. The summed E-state index contributed by atoms with van der Waals surface area (Å²) in [6.45, 7) is 5.09. The number of H-pyrrole nitrogens is 1. The largest absolute Gasteiger partial charge is 0.397 e. The summed E-state index contributed by atoms with van der Waals surface area (Å²) < 4.78 is 13.2. The standard InChI is InChI=1S/C25H21FN6O/c1-3-4-17(9-15(2)26)22-8-6-20(14-29-22)30-25(33)24-21-11-16(5-7-23(21)31-32-24)18-10-19(27)13-28-12-18/h3-14H,2,27H2,1H3,(H,30,33)(H,31,32)/b4-3-,17-9+. The highest BCUT2D eigenvalue weighted by molar-refractivity contribution is 6.11. The molecule has 0 radical (unpaired) electrons. The lowest BCUT2D eigenvalue weighted by molar-refractivity contribution is 0.102. The number of fused-ring (bicyclic) bond motifs is 1. The number of nitrogens with zero attached hydrogens (tertiary/aromatic N) is 3. The molecule has 0 aliphatic heterocycles. The second kappa shape index (κ2) is 9.27. The van der Waals surface area contributed by atoms with Crippen LogP contribution < -0.4 is 11.1 Å². The van der Waals surface area contributed by atoms with Crippen LogP contribution in [0.25, 0.3) is 27.6 Å². The minimum atomic E-state index is -0.568. The smallest absolute Gasteiger partial charge is 0.276 e. The maximum Gasteiger partial charge on any atom is 0.276 e. The van der Waals surface area contributed by atoms with Crippen LogP contribution >= 0.6 is 0 Å². The number of aromatic nitrogens is 4. The van der Waals surface area contributed by atoms with Gasteiger partial charge in [0.15, 0.2) is 5.69 Å². The van der Waals surface area contributed by atoms with Gasteiger partial charge in [0, 0.05) is 28.9 Å². The Bertz CT molecular complexity index is 1400. The number of nitrogen functional groups attached to an aromatic ring is 1. The van der Waals surface area contributed by atoms with Gasteiger partial charge in [-0.15, -0.1) is 0 Å². The molecule has 0 unspecified atom stereocenters. The molecule has 164 valence electrons. The molecule has 0 saturated carbocycles. The van der Waals surface area contributed by atoms with E-state index in [0.717, 1.165) is 16.6 Å². The molecule has 0 spiro atoms. The highest BCUT2D eigenvalue weighted by Gasteiger charge is 2.16. The third kappa shape index (κ3) is 4.85. The summed E-state index contributed by atoms with van der Waals surface area (Å²) in [6.07, 6.45) is 9.59. The van der Waals surface area contributed by atoms with Crippen LogP contribution in [0, 0.1) is 0 Å². The number of hydrogen-bond acceptors (Lipinski definition) is 5. The van der Waals surface area contributed by atoms with Crippen molar-refractivity contribution in [3.8, 4) is 11.1 Å². The molecule has 7 nitrogen and oxygen atoms in total. The average molecular weight is 440 g/mol. The number of nitrogens with one attached hydrogen (secondary N) is 2. The second-order valence-electron chi connectivity index (χ2n) is 7.27. The molecule has 0 atom stereocenters. The van der Waals surface area contributed by atoms with Crippen LogP contribution in [0.2, 0.25) is 0 Å². The summed E-state index contributed by atoms with van der Waals surface area (Å²) in [5, 5.41) is 10.5. The monoisotopic (exact) mass is 440 g/mol. The van der Waals surface area contributed by atoms with E-state index in [4.69, 9.17) is 5.73 Å². The Morgan fingerprint density at radius 2 is 2.00 bits per heavy atom. The zero-order chi connectivity index (χ0) is 23.4. The van der Waals surface area contributed by atoms with Gasteiger partial charge >= 0.3 is 0 Å². The fourth-order valence-electron chi connectivity index (χ4n) is 3.37. The molecule has 4 aromatic rings. The van der Waals surface area contributed by atoms with Crippen molar-refractivity contribution in [3.63, 3.8) is 0 Å². The summed E-state index contributed by atoms with van der Waals surface area (Å²) >= 11 is 0. The molecule has 1 amide bonds. The number of halogens is 1. The Hall–Kier alpha value is -4.59. The number of rotatable bonds is 6. The molecule has 0 aliphatic carbocycles. The van der Waals surface area contributed by atoms with E-state index in [1.165, 1.54) is 12.3 Å². The number of aromatic amines is 1. The number of allylic oxidation sites excluding steroid dienone is 5. The zero-order valence-electron chi connectivity index (χ0n) is 17.8. The van der Waals surface area contributed by atoms with Crippen LogP contribution in [-0.4, -0.2) is 26.1 Å². The molecule has 33 heavy (non-hydrogen) atoms. The molecule has 0 aliphatic rings. The Balaban J connectivity index is 1.59. The van der Waals surface area contributed by atoms with E-state index in [1.807, 2.05) is 31.2 Å². The van der Waals surface area contributed by atoms with E-state index in [-0.39, 0.29) is 11.6 Å². The highest BCUT2D eigenvalue weighted by Crippen LogP contribution is 2.26. The van der Waals surface area contributed by atoms with Crippen molar-refractivity contribution in [3.05, 3.63) is 97.0 Å². The maximum atomic E-state index is 13.2. The first-order valence-corrected chi connectivity index (χ1v) is 10.1. The van der Waals surface area contributed by atoms with E-state index < -0.39 is 5.83 Å². The van der Waals surface area contributed by atoms with Crippen LogP contribution in [0.1, 0.15) is 23.1 Å². The molecule has 4 rings (SSSR count). The third-order valence-corrected chi connectivity index (χ3v) is 4.85. The van der Waals surface area contributed by atoms with Crippen LogP contribution in [0.3, 0.4) is 0 Å². The Morgan fingerprint density at radius 3 is 2.70 bits per heavy atom. The maximum absolute atomic E-state index is 13.2. The lowest BCUT2D eigenvalue weighted by Gasteiger charge is -2.06. The molecule has 0 saturated heterocycles. The quantitative estimate of drug-likeness (QED) is 0.353. The summed E-state index contributed by atoms with van der Waals surface area (Å²) in [4.78, 5) is 21.4. The molecule has 3 aromatic heterocycles. The van der Waals surface area contributed by atoms with Gasteiger partial charge in [0.2, 0.25) is 0 Å². The van der Waals surface area contributed by atoms with E-state index in [1.54, 1.807) is 36.7 Å². The van der Waals surface area contributed by atoms with Crippen LogP contribution in [0.5, 0.6) is 0 Å². The number of carbonyl (C=O) groups excluding carboxylic acids is 1. The minimum absolute atomic E-state index is 0.246. The van der Waals surface area contributed by atoms with Gasteiger partial charge in [-0.05, 0) is 48.9 Å². The van der Waals surface area contributed by atoms with Crippen molar-refractivity contribution in [2.75, 3.05) is 11.1 Å². The number of hydrogen-bond donors (Lipinski definition) is 3. The van der Waals surface area contributed by atoms with Gasteiger partial charge in [0.1, 0.15) is 5.83 Å². The third-order valence-electron chi connectivity index (χ3n) is 4.85. The van der Waals surface area contributed by atoms with Gasteiger partial charge in [-0.2, -0.15) is 5.10 Å². The van der Waals surface area contributed by atoms with Crippen molar-refractivity contribution < 1.29 is 9.18 Å². The first kappa shape index (κ1) is 21.6. The molecule has 0 fully saturated rings. The molecule has 8 heteroatoms. The lowest BCUT2D eigenvalue weighted by atomic mass is 10.0. The number of benzene rings is 1. The number of carbonyl (C=O) groups is 1. The SMILES string of the molecule is C=C(F)/C=C(\C=C/C)c1ccc(NC(=O)c2n[nH]c3ccc(-c4cncc(N)c4)cc23)cn1. The van der Waals surface area contributed by atoms with E-state index in [2.05, 4.69) is 32.1 Å². The van der Waals surface area contributed by atoms with Crippen LogP contribution in [0.15, 0.2) is 85.6 Å². The first-order chi connectivity index (χ1) is 15.9. The van der Waals surface area contributed by atoms with Crippen molar-refractivity contribution in [2.45, 2.75) is 6.92 Å². The average Bonchev–Trinajstić information content (AvgIpc) is 3.22. The van der Waals surface area contributed by atoms with Crippen LogP contribution in [0.4, 0.5) is 15.8 Å². The summed E-state index contributed by atoms with van der Waals surface area (Å²) in [7, 11) is 0. The van der Waals surface area contributed by atoms with Gasteiger partial charge < -0.3 is 11.1 Å². The van der Waals surface area contributed by atoms with Crippen molar-refractivity contribution in [1.29, 1.82) is 0 Å². The number of nitrogens with two attached hydrogens (primary N) is 1. The first-order valence-electron chi connectivity index (χ1n) is 10.1. The lowest BCUT2D eigenvalue weighted by Crippen LogP contribution is -2.13. The minimum Gasteiger partial charge on any atom is -0.397 e. The number of amides is 1. The highest BCUT2D eigenvalue weighted by atomic mass is 19.1. The molecule has 4 N–H and O–H groups in total. The van der Waals surface area contributed by atoms with Gasteiger partial charge in [-0.1, -0.05) is 24.8 Å². The van der Waals surface area contributed by atoms with E-state index in [9.17, 15) is 9.18 Å². The Morgan fingerprint density at radius 1 is 1.15 bits per heavy atom. The van der Waals surface area contributed by atoms with E-state index >= 15 is 0 Å². The van der Waals surface area contributed by atoms with Crippen molar-refractivity contribution in [2.24, 2.45) is 0 Å². The topological polar surface area (TPSA) is 110 Å². The molecule has 1 aromatic carbocycles. The van der Waals surface area contributed by atoms with Gasteiger partial charge in [0.25, 0.3) is 5.91 Å². The molecular weight excluding hydrogens is 419 g/mol. The fraction of sp³-hybridized carbons (Fsp3) is 0.0400. The Labute approximate surface area is 189 Å². The fourth-order valence-corrected chi connectivity index (χ4v) is 3.37. The summed E-state index contributed by atoms with van der Waals surface area (Å²) in [5.41, 5.74) is 10.7. The molecule has 0 bridgehead atoms. The van der Waals surface area contributed by atoms with E-state index in [0.29, 0.717) is 28.0 Å². The summed E-state index contributed by atoms with van der Waals surface area (Å²) in [6, 6.07) is 10.8. The molecular formula is C25H21FN6O. The Kier molecular flexibility index (Phi) is 6.08. The van der Waals surface area contributed by atoms with Crippen LogP contribution in [-0.2, 0) is 0 Å². The van der Waals surface area contributed by atoms with Gasteiger partial charge in [-0.25, -0.2) is 4.39 Å². The predicted octanol–water partition coefficient (Wildman–Crippen LogP) is 5.30. The number of anilines is 2. The normalized spacial score (nSPS) is 11.8. The zero-order valence-corrected chi connectivity index (χ0v) is 17.8. The predicted molar refractivity (Wildman–Crippen MR) is 129 cm³/mol. The van der Waals surface area contributed by atoms with Gasteiger partial charge in [0.05, 0.1) is 28.8 Å². The summed E-state index contributed by atoms with van der Waals surface area (Å²) in [5.74, 6) is -0.957. The molecule has 3 heterocycles. The van der Waals surface area contributed by atoms with Crippen molar-refractivity contribution in [1.82, 2.24) is 20.2 Å².